The first-order valence-electron chi connectivity index (χ1n) is 6.95. The Labute approximate surface area is 115 Å². The van der Waals surface area contributed by atoms with Gasteiger partial charge in [-0.25, -0.2) is 0 Å². The Bertz CT molecular complexity index is 548. The highest BCUT2D eigenvalue weighted by atomic mass is 16.5. The lowest BCUT2D eigenvalue weighted by Crippen LogP contribution is -2.40. The van der Waals surface area contributed by atoms with Crippen LogP contribution in [0.1, 0.15) is 36.1 Å². The van der Waals surface area contributed by atoms with Crippen molar-refractivity contribution in [2.24, 2.45) is 5.73 Å². The van der Waals surface area contributed by atoms with E-state index in [-0.39, 0.29) is 0 Å². The van der Waals surface area contributed by atoms with E-state index in [9.17, 15) is 0 Å². The standard InChI is InChI=1S/C16H22N2O/c1-10-6-13-12(7-16(10)19-3)4-5-18-9-11(2)14(17)8-15(13)18/h6-7,15H,4-5,8-9,17H2,1-3H3/t15-/m0/s1. The minimum atomic E-state index is 0.456. The molecule has 2 aliphatic rings. The van der Waals surface area contributed by atoms with Crippen LogP contribution < -0.4 is 10.5 Å². The second kappa shape index (κ2) is 4.57. The van der Waals surface area contributed by atoms with Gasteiger partial charge in [-0.05, 0) is 48.6 Å². The summed E-state index contributed by atoms with van der Waals surface area (Å²) in [6.45, 7) is 6.40. The summed E-state index contributed by atoms with van der Waals surface area (Å²) in [6, 6.07) is 4.96. The van der Waals surface area contributed by atoms with Crippen molar-refractivity contribution in [3.8, 4) is 5.75 Å². The zero-order chi connectivity index (χ0) is 13.6. The SMILES string of the molecule is COc1cc2c(cc1C)[C@@H]1CC(N)=C(C)CN1CC2. The number of aryl methyl sites for hydroxylation is 1. The molecule has 1 atom stereocenters. The van der Waals surface area contributed by atoms with Gasteiger partial charge in [0.05, 0.1) is 7.11 Å². The van der Waals surface area contributed by atoms with Gasteiger partial charge in [0, 0.05) is 31.2 Å². The van der Waals surface area contributed by atoms with Crippen LogP contribution in [0, 0.1) is 6.92 Å². The van der Waals surface area contributed by atoms with E-state index >= 15 is 0 Å². The second-order valence-corrected chi connectivity index (χ2v) is 5.77. The van der Waals surface area contributed by atoms with Crippen molar-refractivity contribution < 1.29 is 4.74 Å². The van der Waals surface area contributed by atoms with E-state index in [1.165, 1.54) is 22.3 Å². The molecule has 2 aliphatic heterocycles. The predicted octanol–water partition coefficient (Wildman–Crippen LogP) is 2.54. The maximum atomic E-state index is 6.16. The molecule has 3 rings (SSSR count). The third-order valence-electron chi connectivity index (χ3n) is 4.53. The lowest BCUT2D eigenvalue weighted by molar-refractivity contribution is 0.185. The number of hydrogen-bond acceptors (Lipinski definition) is 3. The van der Waals surface area contributed by atoms with E-state index < -0.39 is 0 Å². The van der Waals surface area contributed by atoms with Gasteiger partial charge < -0.3 is 10.5 Å². The molecule has 0 fully saturated rings. The Hall–Kier alpha value is -1.48. The van der Waals surface area contributed by atoms with Crippen molar-refractivity contribution in [2.45, 2.75) is 32.7 Å². The van der Waals surface area contributed by atoms with E-state index in [2.05, 4.69) is 30.9 Å². The average molecular weight is 258 g/mol. The first-order chi connectivity index (χ1) is 9.10. The fourth-order valence-corrected chi connectivity index (χ4v) is 3.33. The molecular formula is C16H22N2O. The van der Waals surface area contributed by atoms with Crippen LogP contribution in [-0.4, -0.2) is 25.1 Å². The van der Waals surface area contributed by atoms with E-state index in [4.69, 9.17) is 10.5 Å². The van der Waals surface area contributed by atoms with Crippen molar-refractivity contribution in [3.63, 3.8) is 0 Å². The Balaban J connectivity index is 2.03. The normalized spacial score (nSPS) is 23.0. The molecule has 102 valence electrons. The molecular weight excluding hydrogens is 236 g/mol. The van der Waals surface area contributed by atoms with Crippen molar-refractivity contribution in [3.05, 3.63) is 40.1 Å². The Morgan fingerprint density at radius 3 is 2.84 bits per heavy atom. The molecule has 1 aromatic rings. The van der Waals surface area contributed by atoms with Crippen LogP contribution in [0.15, 0.2) is 23.4 Å². The third kappa shape index (κ3) is 2.02. The predicted molar refractivity (Wildman–Crippen MR) is 77.3 cm³/mol. The molecule has 2 heterocycles. The summed E-state index contributed by atoms with van der Waals surface area (Å²) < 4.78 is 5.44. The van der Waals surface area contributed by atoms with Crippen LogP contribution in [0.3, 0.4) is 0 Å². The van der Waals surface area contributed by atoms with Crippen LogP contribution >= 0.6 is 0 Å². The summed E-state index contributed by atoms with van der Waals surface area (Å²) in [7, 11) is 1.74. The molecule has 0 amide bonds. The highest BCUT2D eigenvalue weighted by molar-refractivity contribution is 5.45. The molecule has 3 heteroatoms. The maximum Gasteiger partial charge on any atom is 0.122 e. The molecule has 0 unspecified atom stereocenters. The summed E-state index contributed by atoms with van der Waals surface area (Å²) in [5, 5.41) is 0. The second-order valence-electron chi connectivity index (χ2n) is 5.77. The number of rotatable bonds is 1. The highest BCUT2D eigenvalue weighted by Crippen LogP contribution is 2.39. The van der Waals surface area contributed by atoms with Gasteiger partial charge in [-0.2, -0.15) is 0 Å². The van der Waals surface area contributed by atoms with Crippen molar-refractivity contribution >= 4 is 0 Å². The van der Waals surface area contributed by atoms with Crippen LogP contribution in [0.4, 0.5) is 0 Å². The summed E-state index contributed by atoms with van der Waals surface area (Å²) in [5.41, 5.74) is 12.7. The Morgan fingerprint density at radius 2 is 2.11 bits per heavy atom. The monoisotopic (exact) mass is 258 g/mol. The number of hydrogen-bond donors (Lipinski definition) is 1. The molecule has 2 N–H and O–H groups in total. The van der Waals surface area contributed by atoms with E-state index in [1.54, 1.807) is 7.11 Å². The van der Waals surface area contributed by atoms with Gasteiger partial charge in [0.25, 0.3) is 0 Å². The summed E-state index contributed by atoms with van der Waals surface area (Å²) in [5.74, 6) is 1.00. The lowest BCUT2D eigenvalue weighted by Gasteiger charge is -2.41. The van der Waals surface area contributed by atoms with Crippen molar-refractivity contribution in [1.82, 2.24) is 4.90 Å². The van der Waals surface area contributed by atoms with Crippen LogP contribution in [-0.2, 0) is 6.42 Å². The Morgan fingerprint density at radius 1 is 1.32 bits per heavy atom. The van der Waals surface area contributed by atoms with Crippen LogP contribution in [0.5, 0.6) is 5.75 Å². The summed E-state index contributed by atoms with van der Waals surface area (Å²) in [4.78, 5) is 2.56. The fourth-order valence-electron chi connectivity index (χ4n) is 3.33. The molecule has 19 heavy (non-hydrogen) atoms. The summed E-state index contributed by atoms with van der Waals surface area (Å²) >= 11 is 0. The van der Waals surface area contributed by atoms with Gasteiger partial charge in [0.15, 0.2) is 0 Å². The zero-order valence-corrected chi connectivity index (χ0v) is 12.0. The highest BCUT2D eigenvalue weighted by Gasteiger charge is 2.31. The minimum Gasteiger partial charge on any atom is -0.496 e. The first kappa shape index (κ1) is 12.5. The van der Waals surface area contributed by atoms with Gasteiger partial charge in [-0.3, -0.25) is 4.90 Å². The molecule has 0 spiro atoms. The largest absolute Gasteiger partial charge is 0.496 e. The number of benzene rings is 1. The van der Waals surface area contributed by atoms with Crippen LogP contribution in [0.25, 0.3) is 0 Å². The maximum absolute atomic E-state index is 6.16. The number of nitrogens with two attached hydrogens (primary N) is 1. The molecule has 0 saturated carbocycles. The number of nitrogens with zero attached hydrogens (tertiary/aromatic N) is 1. The van der Waals surface area contributed by atoms with Crippen molar-refractivity contribution in [2.75, 3.05) is 20.2 Å². The molecule has 0 saturated heterocycles. The number of fused-ring (bicyclic) bond motifs is 3. The van der Waals surface area contributed by atoms with Crippen molar-refractivity contribution in [1.29, 1.82) is 0 Å². The van der Waals surface area contributed by atoms with Gasteiger partial charge in [0.1, 0.15) is 5.75 Å². The molecule has 0 radical (unpaired) electrons. The van der Waals surface area contributed by atoms with Crippen LogP contribution in [0.2, 0.25) is 0 Å². The zero-order valence-electron chi connectivity index (χ0n) is 12.0. The van der Waals surface area contributed by atoms with E-state index in [1.807, 2.05) is 0 Å². The molecule has 1 aromatic carbocycles. The number of ether oxygens (including phenoxy) is 1. The van der Waals surface area contributed by atoms with E-state index in [0.717, 1.165) is 37.4 Å². The molecule has 0 bridgehead atoms. The third-order valence-corrected chi connectivity index (χ3v) is 4.53. The molecule has 3 nitrogen and oxygen atoms in total. The first-order valence-corrected chi connectivity index (χ1v) is 6.95. The quantitative estimate of drug-likeness (QED) is 0.841. The van der Waals surface area contributed by atoms with Gasteiger partial charge in [-0.15, -0.1) is 0 Å². The topological polar surface area (TPSA) is 38.5 Å². The molecule has 0 aliphatic carbocycles. The van der Waals surface area contributed by atoms with Gasteiger partial charge in [0.2, 0.25) is 0 Å². The lowest BCUT2D eigenvalue weighted by atomic mass is 9.85. The van der Waals surface area contributed by atoms with Gasteiger partial charge >= 0.3 is 0 Å². The average Bonchev–Trinajstić information content (AvgIpc) is 2.40. The summed E-state index contributed by atoms with van der Waals surface area (Å²) in [6.07, 6.45) is 2.07. The van der Waals surface area contributed by atoms with Gasteiger partial charge in [-0.1, -0.05) is 6.07 Å². The fraction of sp³-hybridized carbons (Fsp3) is 0.500. The van der Waals surface area contributed by atoms with E-state index in [0.29, 0.717) is 6.04 Å². The minimum absolute atomic E-state index is 0.456. The smallest absolute Gasteiger partial charge is 0.122 e. The molecule has 0 aromatic heterocycles. The Kier molecular flexibility index (Phi) is 3.02. The number of methoxy groups -OCH3 is 1.